The Kier molecular flexibility index (Phi) is 54.4. The quantitative estimate of drug-likeness (QED) is 0.0361. The van der Waals surface area contributed by atoms with Crippen molar-refractivity contribution in [2.24, 2.45) is 0 Å². The summed E-state index contributed by atoms with van der Waals surface area (Å²) in [5.41, 5.74) is 0. The zero-order valence-electron chi connectivity index (χ0n) is 44.1. The van der Waals surface area contributed by atoms with Crippen LogP contribution in [-0.2, 0) is 4.79 Å². The zero-order valence-corrected chi connectivity index (χ0v) is 44.1. The maximum atomic E-state index is 12.5. The number of rotatable bonds is 55. The lowest BCUT2D eigenvalue weighted by atomic mass is 10.0. The summed E-state index contributed by atoms with van der Waals surface area (Å²) in [6.07, 6.45) is 71.1. The second-order valence-corrected chi connectivity index (χ2v) is 20.6. The van der Waals surface area contributed by atoms with Crippen LogP contribution >= 0.6 is 0 Å². The molecule has 4 N–H and O–H groups in total. The van der Waals surface area contributed by atoms with Crippen molar-refractivity contribution in [1.82, 2.24) is 5.32 Å². The maximum absolute atomic E-state index is 12.5. The van der Waals surface area contributed by atoms with E-state index in [1.165, 1.54) is 263 Å². The van der Waals surface area contributed by atoms with Gasteiger partial charge in [0.25, 0.3) is 0 Å². The molecule has 0 aromatic rings. The summed E-state index contributed by atoms with van der Waals surface area (Å²) < 4.78 is 0. The van der Waals surface area contributed by atoms with Gasteiger partial charge in [0.2, 0.25) is 5.91 Å². The molecule has 5 heteroatoms. The van der Waals surface area contributed by atoms with Crippen LogP contribution in [0.1, 0.15) is 328 Å². The lowest BCUT2D eigenvalue weighted by molar-refractivity contribution is -0.131. The van der Waals surface area contributed by atoms with E-state index in [-0.39, 0.29) is 6.61 Å². The van der Waals surface area contributed by atoms with Crippen molar-refractivity contribution in [2.45, 2.75) is 347 Å². The normalized spacial score (nSPS) is 13.4. The molecular formula is C60H117NO4. The summed E-state index contributed by atoms with van der Waals surface area (Å²) in [5.74, 6) is -0.467. The third kappa shape index (κ3) is 50.5. The van der Waals surface area contributed by atoms with Crippen molar-refractivity contribution in [3.05, 3.63) is 24.3 Å². The Labute approximate surface area is 407 Å². The minimum absolute atomic E-state index is 0.311. The van der Waals surface area contributed by atoms with Gasteiger partial charge in [-0.05, 0) is 44.9 Å². The molecule has 0 saturated heterocycles. The molecule has 0 aliphatic carbocycles. The molecule has 65 heavy (non-hydrogen) atoms. The van der Waals surface area contributed by atoms with E-state index >= 15 is 0 Å². The third-order valence-electron chi connectivity index (χ3n) is 14.1. The van der Waals surface area contributed by atoms with Crippen molar-refractivity contribution in [1.29, 1.82) is 0 Å². The molecule has 0 fully saturated rings. The van der Waals surface area contributed by atoms with Crippen molar-refractivity contribution in [2.75, 3.05) is 6.61 Å². The fourth-order valence-corrected chi connectivity index (χ4v) is 9.46. The molecule has 0 rings (SSSR count). The first-order valence-electron chi connectivity index (χ1n) is 29.6. The van der Waals surface area contributed by atoms with Gasteiger partial charge in [-0.3, -0.25) is 4.79 Å². The van der Waals surface area contributed by atoms with Gasteiger partial charge in [-0.2, -0.15) is 0 Å². The lowest BCUT2D eigenvalue weighted by Crippen LogP contribution is -2.49. The number of amides is 1. The number of aliphatic hydroxyl groups is 3. The summed E-state index contributed by atoms with van der Waals surface area (Å²) in [6, 6.07) is -0.710. The molecule has 0 aromatic heterocycles. The monoisotopic (exact) mass is 916 g/mol. The van der Waals surface area contributed by atoms with Gasteiger partial charge in [0.15, 0.2) is 0 Å². The second kappa shape index (κ2) is 55.4. The van der Waals surface area contributed by atoms with Crippen molar-refractivity contribution in [3.8, 4) is 0 Å². The topological polar surface area (TPSA) is 89.8 Å². The molecule has 0 aliphatic heterocycles. The average Bonchev–Trinajstić information content (AvgIpc) is 3.31. The number of carbonyl (C=O) groups is 1. The summed E-state index contributed by atoms with van der Waals surface area (Å²) in [4.78, 5) is 12.5. The van der Waals surface area contributed by atoms with Crippen LogP contribution in [0, 0.1) is 0 Å². The number of carbonyl (C=O) groups excluding carboxylic acids is 1. The van der Waals surface area contributed by atoms with Gasteiger partial charge in [-0.25, -0.2) is 0 Å². The van der Waals surface area contributed by atoms with Gasteiger partial charge in [0.1, 0.15) is 6.10 Å². The molecule has 5 nitrogen and oxygen atoms in total. The zero-order chi connectivity index (χ0) is 47.2. The predicted molar refractivity (Wildman–Crippen MR) is 287 cm³/mol. The van der Waals surface area contributed by atoms with Crippen molar-refractivity contribution in [3.63, 3.8) is 0 Å². The number of hydrogen-bond acceptors (Lipinski definition) is 4. The van der Waals surface area contributed by atoms with Crippen LogP contribution in [0.2, 0.25) is 0 Å². The standard InChI is InChI=1S/C60H117NO4/c1-3-5-7-9-11-13-15-17-18-19-20-21-22-23-24-25-26-27-28-29-30-31-32-33-34-35-36-37-38-39-40-41-43-45-47-49-51-53-55-59(64)60(65)61-57(56-62)58(63)54-52-50-48-46-44-42-16-14-12-10-8-6-4-2/h26-27,29-30,57-59,62-64H,3-25,28,31-56H2,1-2H3,(H,61,65)/b27-26-,30-29-. The highest BCUT2D eigenvalue weighted by Crippen LogP contribution is 2.18. The van der Waals surface area contributed by atoms with Gasteiger partial charge in [-0.1, -0.05) is 308 Å². The van der Waals surface area contributed by atoms with Crippen LogP contribution in [0.5, 0.6) is 0 Å². The molecule has 3 unspecified atom stereocenters. The molecule has 0 aromatic carbocycles. The fraction of sp³-hybridized carbons (Fsp3) is 0.917. The number of hydrogen-bond donors (Lipinski definition) is 4. The predicted octanol–water partition coefficient (Wildman–Crippen LogP) is 18.5. The number of unbranched alkanes of at least 4 members (excludes halogenated alkanes) is 43. The first-order valence-corrected chi connectivity index (χ1v) is 29.6. The van der Waals surface area contributed by atoms with Crippen molar-refractivity contribution >= 4 is 5.91 Å². The summed E-state index contributed by atoms with van der Waals surface area (Å²) in [6.45, 7) is 4.26. The van der Waals surface area contributed by atoms with Crippen LogP contribution in [-0.4, -0.2) is 46.1 Å². The molecule has 0 bridgehead atoms. The molecule has 1 amide bonds. The van der Waals surface area contributed by atoms with E-state index in [0.29, 0.717) is 12.8 Å². The molecule has 0 heterocycles. The maximum Gasteiger partial charge on any atom is 0.249 e. The molecule has 386 valence electrons. The number of aliphatic hydroxyl groups excluding tert-OH is 3. The summed E-state index contributed by atoms with van der Waals surface area (Å²) >= 11 is 0. The Bertz CT molecular complexity index is 967. The fourth-order valence-electron chi connectivity index (χ4n) is 9.46. The summed E-state index contributed by atoms with van der Waals surface area (Å²) in [7, 11) is 0. The van der Waals surface area contributed by atoms with E-state index in [4.69, 9.17) is 0 Å². The Hall–Kier alpha value is -1.17. The van der Waals surface area contributed by atoms with Crippen LogP contribution in [0.4, 0.5) is 0 Å². The van der Waals surface area contributed by atoms with Gasteiger partial charge in [-0.15, -0.1) is 0 Å². The Morgan fingerprint density at radius 1 is 0.369 bits per heavy atom. The number of nitrogens with one attached hydrogen (secondary N) is 1. The van der Waals surface area contributed by atoms with Gasteiger partial charge in [0, 0.05) is 0 Å². The Morgan fingerprint density at radius 2 is 0.631 bits per heavy atom. The molecule has 0 radical (unpaired) electrons. The van der Waals surface area contributed by atoms with Crippen LogP contribution in [0.15, 0.2) is 24.3 Å². The van der Waals surface area contributed by atoms with E-state index in [9.17, 15) is 20.1 Å². The SMILES string of the molecule is CCCCCCCCCCCCCCCCC/C=C\C/C=C\CCCCCCCCCCCCCCCCCCC(O)C(=O)NC(CO)C(O)CCCCCCCCCCCCCCC. The highest BCUT2D eigenvalue weighted by molar-refractivity contribution is 5.80. The Morgan fingerprint density at radius 3 is 0.923 bits per heavy atom. The molecule has 3 atom stereocenters. The van der Waals surface area contributed by atoms with Gasteiger partial charge >= 0.3 is 0 Å². The smallest absolute Gasteiger partial charge is 0.249 e. The first kappa shape index (κ1) is 63.8. The molecular weight excluding hydrogens is 799 g/mol. The van der Waals surface area contributed by atoms with Crippen LogP contribution in [0.3, 0.4) is 0 Å². The van der Waals surface area contributed by atoms with Crippen LogP contribution < -0.4 is 5.32 Å². The molecule has 0 saturated carbocycles. The molecule has 0 aliphatic rings. The molecule has 0 spiro atoms. The average molecular weight is 917 g/mol. The third-order valence-corrected chi connectivity index (χ3v) is 14.1. The van der Waals surface area contributed by atoms with E-state index in [0.717, 1.165) is 38.5 Å². The second-order valence-electron chi connectivity index (χ2n) is 20.6. The van der Waals surface area contributed by atoms with E-state index in [1.54, 1.807) is 0 Å². The van der Waals surface area contributed by atoms with Crippen LogP contribution in [0.25, 0.3) is 0 Å². The van der Waals surface area contributed by atoms with Gasteiger partial charge < -0.3 is 20.6 Å². The highest BCUT2D eigenvalue weighted by Gasteiger charge is 2.23. The first-order chi connectivity index (χ1) is 32.1. The van der Waals surface area contributed by atoms with Gasteiger partial charge in [0.05, 0.1) is 18.8 Å². The number of allylic oxidation sites excluding steroid dienone is 4. The minimum Gasteiger partial charge on any atom is -0.394 e. The minimum atomic E-state index is -1.07. The summed E-state index contributed by atoms with van der Waals surface area (Å²) in [5, 5.41) is 33.4. The Balaban J connectivity index is 3.45. The van der Waals surface area contributed by atoms with E-state index in [1.807, 2.05) is 0 Å². The van der Waals surface area contributed by atoms with Crippen molar-refractivity contribution < 1.29 is 20.1 Å². The van der Waals surface area contributed by atoms with E-state index in [2.05, 4.69) is 43.5 Å². The van der Waals surface area contributed by atoms with E-state index < -0.39 is 24.2 Å². The lowest BCUT2D eigenvalue weighted by Gasteiger charge is -2.23. The largest absolute Gasteiger partial charge is 0.394 e. The highest BCUT2D eigenvalue weighted by atomic mass is 16.3.